The SMILES string of the molecule is Cc1ccc(S(=O)(=O)Nc2ccc(NC(=O)Nc3cc(C(C)(C)C)on3)cc2)cc1. The zero-order valence-electron chi connectivity index (χ0n) is 17.2. The van der Waals surface area contributed by atoms with Crippen LogP contribution in [0.5, 0.6) is 0 Å². The van der Waals surface area contributed by atoms with Gasteiger partial charge in [-0.1, -0.05) is 43.6 Å². The second-order valence-corrected chi connectivity index (χ2v) is 9.58. The topological polar surface area (TPSA) is 113 Å². The van der Waals surface area contributed by atoms with Crippen molar-refractivity contribution in [2.45, 2.75) is 38.0 Å². The third-order valence-corrected chi connectivity index (χ3v) is 5.61. The van der Waals surface area contributed by atoms with Crippen LogP contribution in [-0.4, -0.2) is 19.6 Å². The first kappa shape index (κ1) is 21.4. The molecule has 0 bridgehead atoms. The molecule has 30 heavy (non-hydrogen) atoms. The van der Waals surface area contributed by atoms with Gasteiger partial charge in [0, 0.05) is 22.9 Å². The van der Waals surface area contributed by atoms with Gasteiger partial charge < -0.3 is 9.84 Å². The maximum absolute atomic E-state index is 12.4. The van der Waals surface area contributed by atoms with Gasteiger partial charge in [0.2, 0.25) is 0 Å². The van der Waals surface area contributed by atoms with E-state index in [-0.39, 0.29) is 10.3 Å². The van der Waals surface area contributed by atoms with Crippen molar-refractivity contribution >= 4 is 33.2 Å². The number of aryl methyl sites for hydroxylation is 1. The fraction of sp³-hybridized carbons (Fsp3) is 0.238. The van der Waals surface area contributed by atoms with Crippen molar-refractivity contribution < 1.29 is 17.7 Å². The Labute approximate surface area is 175 Å². The highest BCUT2D eigenvalue weighted by Gasteiger charge is 2.20. The number of benzene rings is 2. The number of amides is 2. The summed E-state index contributed by atoms with van der Waals surface area (Å²) in [6, 6.07) is 14.1. The van der Waals surface area contributed by atoms with Crippen LogP contribution in [0.3, 0.4) is 0 Å². The monoisotopic (exact) mass is 428 g/mol. The van der Waals surface area contributed by atoms with E-state index in [9.17, 15) is 13.2 Å². The lowest BCUT2D eigenvalue weighted by molar-refractivity contribution is 0.262. The van der Waals surface area contributed by atoms with Crippen LogP contribution in [0.25, 0.3) is 0 Å². The van der Waals surface area contributed by atoms with Crippen molar-refractivity contribution in [3.8, 4) is 0 Å². The van der Waals surface area contributed by atoms with Gasteiger partial charge in [-0.2, -0.15) is 0 Å². The first-order valence-electron chi connectivity index (χ1n) is 9.28. The summed E-state index contributed by atoms with van der Waals surface area (Å²) < 4.78 is 32.6. The molecule has 2 amide bonds. The van der Waals surface area contributed by atoms with Gasteiger partial charge in [0.25, 0.3) is 10.0 Å². The van der Waals surface area contributed by atoms with Crippen molar-refractivity contribution in [2.24, 2.45) is 0 Å². The average molecular weight is 429 g/mol. The van der Waals surface area contributed by atoms with Crippen molar-refractivity contribution in [1.29, 1.82) is 0 Å². The molecule has 0 saturated carbocycles. The fourth-order valence-electron chi connectivity index (χ4n) is 2.52. The Morgan fingerprint density at radius 1 is 0.933 bits per heavy atom. The minimum atomic E-state index is -3.68. The third-order valence-electron chi connectivity index (χ3n) is 4.22. The molecule has 9 heteroatoms. The molecule has 0 saturated heterocycles. The van der Waals surface area contributed by atoms with Crippen LogP contribution in [0.1, 0.15) is 32.1 Å². The van der Waals surface area contributed by atoms with E-state index in [1.54, 1.807) is 54.6 Å². The number of sulfonamides is 1. The maximum Gasteiger partial charge on any atom is 0.324 e. The van der Waals surface area contributed by atoms with Crippen LogP contribution in [0.4, 0.5) is 22.0 Å². The summed E-state index contributed by atoms with van der Waals surface area (Å²) in [6.45, 7) is 7.82. The Balaban J connectivity index is 1.61. The summed E-state index contributed by atoms with van der Waals surface area (Å²) in [6.07, 6.45) is 0. The highest BCUT2D eigenvalue weighted by Crippen LogP contribution is 2.24. The Morgan fingerprint density at radius 2 is 1.53 bits per heavy atom. The van der Waals surface area contributed by atoms with Gasteiger partial charge in [-0.05, 0) is 43.3 Å². The van der Waals surface area contributed by atoms with Gasteiger partial charge in [0.15, 0.2) is 5.82 Å². The van der Waals surface area contributed by atoms with E-state index in [4.69, 9.17) is 4.52 Å². The number of rotatable bonds is 5. The van der Waals surface area contributed by atoms with Crippen molar-refractivity contribution in [3.63, 3.8) is 0 Å². The number of nitrogens with one attached hydrogen (secondary N) is 3. The highest BCUT2D eigenvalue weighted by atomic mass is 32.2. The smallest absolute Gasteiger partial charge is 0.324 e. The molecule has 1 aromatic heterocycles. The number of hydrogen-bond acceptors (Lipinski definition) is 5. The molecule has 3 aromatic rings. The fourth-order valence-corrected chi connectivity index (χ4v) is 3.58. The molecule has 3 N–H and O–H groups in total. The summed E-state index contributed by atoms with van der Waals surface area (Å²) in [5.74, 6) is 0.961. The van der Waals surface area contributed by atoms with E-state index in [1.807, 2.05) is 27.7 Å². The molecule has 0 radical (unpaired) electrons. The van der Waals surface area contributed by atoms with Crippen LogP contribution < -0.4 is 15.4 Å². The van der Waals surface area contributed by atoms with Crippen LogP contribution in [-0.2, 0) is 15.4 Å². The summed E-state index contributed by atoms with van der Waals surface area (Å²) in [5, 5.41) is 9.08. The number of hydrogen-bond donors (Lipinski definition) is 3. The second kappa shape index (κ2) is 8.19. The molecule has 0 spiro atoms. The summed E-state index contributed by atoms with van der Waals surface area (Å²) in [5.41, 5.74) is 1.63. The molecule has 0 aliphatic heterocycles. The first-order chi connectivity index (χ1) is 14.0. The molecule has 0 atom stereocenters. The van der Waals surface area contributed by atoms with Crippen molar-refractivity contribution in [3.05, 3.63) is 65.9 Å². The molecule has 1 heterocycles. The standard InChI is InChI=1S/C21H24N4O4S/c1-14-5-11-17(12-6-14)30(27,28)25-16-9-7-15(8-10-16)22-20(26)23-19-13-18(29-24-19)21(2,3)4/h5-13,25H,1-4H3,(H2,22,23,24,26). The minimum absolute atomic E-state index is 0.178. The molecule has 0 aliphatic carbocycles. The Kier molecular flexibility index (Phi) is 5.84. The number of nitrogens with zero attached hydrogens (tertiary/aromatic N) is 1. The number of anilines is 3. The van der Waals surface area contributed by atoms with Gasteiger partial charge in [0.05, 0.1) is 4.90 Å². The summed E-state index contributed by atoms with van der Waals surface area (Å²) in [7, 11) is -3.68. The van der Waals surface area contributed by atoms with Gasteiger partial charge in [-0.3, -0.25) is 10.0 Å². The molecular weight excluding hydrogens is 404 g/mol. The lowest BCUT2D eigenvalue weighted by Gasteiger charge is -2.12. The molecule has 0 aliphatic rings. The quantitative estimate of drug-likeness (QED) is 0.544. The molecular formula is C21H24N4O4S. The van der Waals surface area contributed by atoms with Crippen LogP contribution >= 0.6 is 0 Å². The summed E-state index contributed by atoms with van der Waals surface area (Å²) >= 11 is 0. The molecule has 158 valence electrons. The van der Waals surface area contributed by atoms with Gasteiger partial charge in [-0.25, -0.2) is 13.2 Å². The van der Waals surface area contributed by atoms with Gasteiger partial charge in [0.1, 0.15) is 5.76 Å². The van der Waals surface area contributed by atoms with E-state index >= 15 is 0 Å². The van der Waals surface area contributed by atoms with Gasteiger partial charge >= 0.3 is 6.03 Å². The Hall–Kier alpha value is -3.33. The zero-order valence-corrected chi connectivity index (χ0v) is 18.0. The van der Waals surface area contributed by atoms with Crippen LogP contribution in [0.2, 0.25) is 0 Å². The predicted molar refractivity (Wildman–Crippen MR) is 116 cm³/mol. The van der Waals surface area contributed by atoms with E-state index in [2.05, 4.69) is 20.5 Å². The maximum atomic E-state index is 12.4. The average Bonchev–Trinajstić information content (AvgIpc) is 3.12. The lowest BCUT2D eigenvalue weighted by Crippen LogP contribution is -2.19. The van der Waals surface area contributed by atoms with Crippen molar-refractivity contribution in [2.75, 3.05) is 15.4 Å². The number of aromatic nitrogens is 1. The normalized spacial score (nSPS) is 11.7. The third kappa shape index (κ3) is 5.38. The van der Waals surface area contributed by atoms with E-state index < -0.39 is 16.1 Å². The van der Waals surface area contributed by atoms with Gasteiger partial charge in [-0.15, -0.1) is 0 Å². The van der Waals surface area contributed by atoms with Crippen LogP contribution in [0.15, 0.2) is 64.0 Å². The molecule has 2 aromatic carbocycles. The van der Waals surface area contributed by atoms with E-state index in [0.29, 0.717) is 23.0 Å². The Bertz CT molecular complexity index is 1130. The van der Waals surface area contributed by atoms with E-state index in [1.165, 1.54) is 0 Å². The predicted octanol–water partition coefficient (Wildman–Crippen LogP) is 4.73. The Morgan fingerprint density at radius 3 is 2.10 bits per heavy atom. The second-order valence-electron chi connectivity index (χ2n) is 7.90. The number of urea groups is 1. The van der Waals surface area contributed by atoms with Crippen molar-refractivity contribution in [1.82, 2.24) is 5.16 Å². The van der Waals surface area contributed by atoms with E-state index in [0.717, 1.165) is 5.56 Å². The number of carbonyl (C=O) groups is 1. The lowest BCUT2D eigenvalue weighted by atomic mass is 9.93. The molecule has 3 rings (SSSR count). The first-order valence-corrected chi connectivity index (χ1v) is 10.8. The minimum Gasteiger partial charge on any atom is -0.359 e. The number of carbonyl (C=O) groups excluding carboxylic acids is 1. The molecule has 8 nitrogen and oxygen atoms in total. The zero-order chi connectivity index (χ0) is 21.9. The molecule has 0 unspecified atom stereocenters. The largest absolute Gasteiger partial charge is 0.359 e. The highest BCUT2D eigenvalue weighted by molar-refractivity contribution is 7.92. The van der Waals surface area contributed by atoms with Crippen LogP contribution in [0, 0.1) is 6.92 Å². The molecule has 0 fully saturated rings. The summed E-state index contributed by atoms with van der Waals surface area (Å²) in [4.78, 5) is 12.3.